The number of rotatable bonds is 4. The van der Waals surface area contributed by atoms with Crippen molar-refractivity contribution in [3.63, 3.8) is 0 Å². The van der Waals surface area contributed by atoms with E-state index in [1.54, 1.807) is 0 Å². The minimum atomic E-state index is -0.268. The van der Waals surface area contributed by atoms with Crippen molar-refractivity contribution < 1.29 is 9.13 Å². The summed E-state index contributed by atoms with van der Waals surface area (Å²) in [4.78, 5) is 6.06. The van der Waals surface area contributed by atoms with Gasteiger partial charge in [-0.05, 0) is 55.0 Å². The fourth-order valence-corrected chi connectivity index (χ4v) is 4.24. The summed E-state index contributed by atoms with van der Waals surface area (Å²) in [5.74, 6) is 0.811. The topological polar surface area (TPSA) is 48.1 Å². The summed E-state index contributed by atoms with van der Waals surface area (Å²) in [6, 6.07) is 15.2. The highest BCUT2D eigenvalue weighted by atomic mass is 32.2. The zero-order chi connectivity index (χ0) is 17.9. The highest BCUT2D eigenvalue weighted by Crippen LogP contribution is 2.33. The number of ether oxygens (including phenoxy) is 1. The molecule has 26 heavy (non-hydrogen) atoms. The Kier molecular flexibility index (Phi) is 5.09. The van der Waals surface area contributed by atoms with Crippen LogP contribution >= 0.6 is 11.8 Å². The highest BCUT2D eigenvalue weighted by Gasteiger charge is 2.17. The smallest absolute Gasteiger partial charge is 0.139 e. The van der Waals surface area contributed by atoms with E-state index in [9.17, 15) is 4.39 Å². The standard InChI is InChI=1S/C21H21FN2OS/c22-18-13-19-15(12-20(18)26-17-4-2-1-3-5-17)11-16(21(23)24-19)10-14-6-8-25-9-7-14/h1-5,11-14H,6-10H2,(H2,23,24). The van der Waals surface area contributed by atoms with Gasteiger partial charge in [0.25, 0.3) is 0 Å². The van der Waals surface area contributed by atoms with E-state index in [1.165, 1.54) is 17.8 Å². The van der Waals surface area contributed by atoms with Crippen molar-refractivity contribution in [2.24, 2.45) is 5.92 Å². The van der Waals surface area contributed by atoms with Crippen molar-refractivity contribution >= 4 is 28.5 Å². The average molecular weight is 368 g/mol. The Balaban J connectivity index is 1.65. The molecule has 0 amide bonds. The lowest BCUT2D eigenvalue weighted by molar-refractivity contribution is 0.0666. The summed E-state index contributed by atoms with van der Waals surface area (Å²) in [5, 5.41) is 0.932. The van der Waals surface area contributed by atoms with Gasteiger partial charge in [0.1, 0.15) is 11.6 Å². The molecule has 1 aliphatic rings. The number of halogens is 1. The van der Waals surface area contributed by atoms with Crippen LogP contribution in [0.2, 0.25) is 0 Å². The molecule has 2 aromatic carbocycles. The molecule has 2 N–H and O–H groups in total. The molecule has 4 rings (SSSR count). The number of nitrogen functional groups attached to an aromatic ring is 1. The Morgan fingerprint density at radius 2 is 1.88 bits per heavy atom. The van der Waals surface area contributed by atoms with Crippen LogP contribution in [0, 0.1) is 11.7 Å². The molecule has 0 bridgehead atoms. The number of aromatic nitrogens is 1. The van der Waals surface area contributed by atoms with Gasteiger partial charge >= 0.3 is 0 Å². The van der Waals surface area contributed by atoms with Crippen molar-refractivity contribution in [2.75, 3.05) is 18.9 Å². The molecule has 0 spiro atoms. The van der Waals surface area contributed by atoms with Gasteiger partial charge in [-0.1, -0.05) is 30.0 Å². The predicted molar refractivity (Wildman–Crippen MR) is 104 cm³/mol. The minimum Gasteiger partial charge on any atom is -0.383 e. The van der Waals surface area contributed by atoms with E-state index in [4.69, 9.17) is 10.5 Å². The molecule has 134 valence electrons. The van der Waals surface area contributed by atoms with Gasteiger partial charge < -0.3 is 10.5 Å². The summed E-state index contributed by atoms with van der Waals surface area (Å²) in [6.07, 6.45) is 3.00. The molecule has 1 saturated heterocycles. The number of anilines is 1. The molecule has 1 aliphatic heterocycles. The zero-order valence-electron chi connectivity index (χ0n) is 14.5. The molecule has 1 fully saturated rings. The normalized spacial score (nSPS) is 15.4. The van der Waals surface area contributed by atoms with Crippen LogP contribution in [-0.4, -0.2) is 18.2 Å². The fourth-order valence-electron chi connectivity index (χ4n) is 3.35. The van der Waals surface area contributed by atoms with Gasteiger partial charge in [-0.25, -0.2) is 9.37 Å². The number of hydrogen-bond acceptors (Lipinski definition) is 4. The Hall–Kier alpha value is -2.11. The first-order chi connectivity index (χ1) is 12.7. The van der Waals surface area contributed by atoms with Gasteiger partial charge in [0.05, 0.1) is 5.52 Å². The number of benzene rings is 2. The number of nitrogens with zero attached hydrogens (tertiary/aromatic N) is 1. The fraction of sp³-hybridized carbons (Fsp3) is 0.286. The van der Waals surface area contributed by atoms with E-state index in [2.05, 4.69) is 11.1 Å². The molecule has 0 unspecified atom stereocenters. The Morgan fingerprint density at radius 1 is 1.12 bits per heavy atom. The number of pyridine rings is 1. The first kappa shape index (κ1) is 17.3. The van der Waals surface area contributed by atoms with Crippen molar-refractivity contribution in [2.45, 2.75) is 29.1 Å². The van der Waals surface area contributed by atoms with Crippen molar-refractivity contribution in [3.8, 4) is 0 Å². The summed E-state index contributed by atoms with van der Waals surface area (Å²) in [6.45, 7) is 1.63. The molecular formula is C21H21FN2OS. The first-order valence-corrected chi connectivity index (χ1v) is 9.70. The lowest BCUT2D eigenvalue weighted by Gasteiger charge is -2.22. The molecule has 3 aromatic rings. The van der Waals surface area contributed by atoms with Crippen LogP contribution in [0.4, 0.5) is 10.2 Å². The van der Waals surface area contributed by atoms with E-state index in [1.807, 2.05) is 36.4 Å². The molecule has 5 heteroatoms. The summed E-state index contributed by atoms with van der Waals surface area (Å²) in [7, 11) is 0. The molecule has 3 nitrogen and oxygen atoms in total. The summed E-state index contributed by atoms with van der Waals surface area (Å²) < 4.78 is 19.9. The second-order valence-electron chi connectivity index (χ2n) is 6.68. The molecule has 2 heterocycles. The second kappa shape index (κ2) is 7.64. The SMILES string of the molecule is Nc1nc2cc(F)c(Sc3ccccc3)cc2cc1CC1CCOCC1. The maximum Gasteiger partial charge on any atom is 0.139 e. The third-order valence-corrected chi connectivity index (χ3v) is 5.84. The maximum atomic E-state index is 14.5. The Bertz CT molecular complexity index is 911. The van der Waals surface area contributed by atoms with Crippen molar-refractivity contribution in [1.29, 1.82) is 0 Å². The van der Waals surface area contributed by atoms with E-state index < -0.39 is 0 Å². The third kappa shape index (κ3) is 3.84. The van der Waals surface area contributed by atoms with E-state index >= 15 is 0 Å². The molecule has 0 atom stereocenters. The van der Waals surface area contributed by atoms with Crippen LogP contribution in [0.5, 0.6) is 0 Å². The van der Waals surface area contributed by atoms with E-state index in [0.29, 0.717) is 22.1 Å². The molecular weight excluding hydrogens is 347 g/mol. The van der Waals surface area contributed by atoms with Crippen LogP contribution in [0.1, 0.15) is 18.4 Å². The third-order valence-electron chi connectivity index (χ3n) is 4.80. The molecule has 1 aromatic heterocycles. The first-order valence-electron chi connectivity index (χ1n) is 8.88. The van der Waals surface area contributed by atoms with E-state index in [-0.39, 0.29) is 5.82 Å². The molecule has 0 aliphatic carbocycles. The number of fused-ring (bicyclic) bond motifs is 1. The molecule has 0 saturated carbocycles. The van der Waals surface area contributed by atoms with Gasteiger partial charge in [0, 0.05) is 34.5 Å². The van der Waals surface area contributed by atoms with Crippen LogP contribution < -0.4 is 5.73 Å². The van der Waals surface area contributed by atoms with Gasteiger partial charge in [0.15, 0.2) is 0 Å². The van der Waals surface area contributed by atoms with Gasteiger partial charge in [-0.15, -0.1) is 0 Å². The van der Waals surface area contributed by atoms with Crippen molar-refractivity contribution in [1.82, 2.24) is 4.98 Å². The summed E-state index contributed by atoms with van der Waals surface area (Å²) in [5.41, 5.74) is 7.80. The largest absolute Gasteiger partial charge is 0.383 e. The quantitative estimate of drug-likeness (QED) is 0.698. The number of nitrogens with two attached hydrogens (primary N) is 1. The second-order valence-corrected chi connectivity index (χ2v) is 7.80. The van der Waals surface area contributed by atoms with E-state index in [0.717, 1.165) is 48.3 Å². The van der Waals surface area contributed by atoms with Crippen LogP contribution in [-0.2, 0) is 11.2 Å². The Labute approximate surface area is 156 Å². The maximum absolute atomic E-state index is 14.5. The molecule has 0 radical (unpaired) electrons. The number of hydrogen-bond donors (Lipinski definition) is 1. The Morgan fingerprint density at radius 3 is 2.65 bits per heavy atom. The van der Waals surface area contributed by atoms with Crippen LogP contribution in [0.15, 0.2) is 58.3 Å². The average Bonchev–Trinajstić information content (AvgIpc) is 2.65. The zero-order valence-corrected chi connectivity index (χ0v) is 15.3. The van der Waals surface area contributed by atoms with Crippen LogP contribution in [0.3, 0.4) is 0 Å². The lowest BCUT2D eigenvalue weighted by atomic mass is 9.92. The van der Waals surface area contributed by atoms with Gasteiger partial charge in [0.2, 0.25) is 0 Å². The van der Waals surface area contributed by atoms with Crippen molar-refractivity contribution in [3.05, 3.63) is 59.9 Å². The van der Waals surface area contributed by atoms with Gasteiger partial charge in [-0.2, -0.15) is 0 Å². The predicted octanol–water partition coefficient (Wildman–Crippen LogP) is 5.08. The minimum absolute atomic E-state index is 0.268. The monoisotopic (exact) mass is 368 g/mol. The lowest BCUT2D eigenvalue weighted by Crippen LogP contribution is -2.18. The highest BCUT2D eigenvalue weighted by molar-refractivity contribution is 7.99. The van der Waals surface area contributed by atoms with Crippen LogP contribution in [0.25, 0.3) is 10.9 Å². The van der Waals surface area contributed by atoms with Gasteiger partial charge in [-0.3, -0.25) is 0 Å². The summed E-state index contributed by atoms with van der Waals surface area (Å²) >= 11 is 1.42.